The molecule has 1 N–H and O–H groups in total. The molecule has 0 aliphatic carbocycles. The van der Waals surface area contributed by atoms with Crippen molar-refractivity contribution in [2.24, 2.45) is 0 Å². The van der Waals surface area contributed by atoms with Crippen molar-refractivity contribution in [2.45, 2.75) is 24.8 Å². The number of sulfonamides is 1. The minimum Gasteiger partial charge on any atom is -0.352 e. The molecule has 0 saturated carbocycles. The highest BCUT2D eigenvalue weighted by Gasteiger charge is 2.23. The lowest BCUT2D eigenvalue weighted by atomic mass is 10.2. The van der Waals surface area contributed by atoms with Crippen molar-refractivity contribution in [1.29, 1.82) is 0 Å². The van der Waals surface area contributed by atoms with Crippen molar-refractivity contribution < 1.29 is 18.0 Å². The van der Waals surface area contributed by atoms with Crippen LogP contribution in [0.15, 0.2) is 27.6 Å². The Morgan fingerprint density at radius 3 is 2.29 bits per heavy atom. The van der Waals surface area contributed by atoms with E-state index in [4.69, 9.17) is 0 Å². The number of rotatable bonds is 6. The molecule has 0 bridgehead atoms. The lowest BCUT2D eigenvalue weighted by Gasteiger charge is -2.19. The van der Waals surface area contributed by atoms with Gasteiger partial charge in [-0.1, -0.05) is 0 Å². The number of halogens is 1. The smallest absolute Gasteiger partial charge is 0.254 e. The summed E-state index contributed by atoms with van der Waals surface area (Å²) in [6.07, 6.45) is 0. The Morgan fingerprint density at radius 2 is 1.79 bits per heavy atom. The number of likely N-dealkylation sites (N-methyl/N-ethyl adjacent to an activating group) is 1. The fourth-order valence-corrected chi connectivity index (χ4v) is 3.75. The first-order valence-corrected chi connectivity index (χ1v) is 9.47. The second-order valence-electron chi connectivity index (χ2n) is 5.82. The normalized spacial score (nSPS) is 11.7. The molecule has 0 aromatic heterocycles. The van der Waals surface area contributed by atoms with Crippen LogP contribution in [-0.4, -0.2) is 63.2 Å². The van der Waals surface area contributed by atoms with Crippen LogP contribution >= 0.6 is 15.9 Å². The molecule has 0 heterocycles. The van der Waals surface area contributed by atoms with Gasteiger partial charge in [-0.3, -0.25) is 9.59 Å². The SMILES string of the molecule is CC(C)NC(=O)CN(C)C(=O)c1ccc(Br)c(S(=O)(=O)N(C)C)c1. The Kier molecular flexibility index (Phi) is 6.94. The van der Waals surface area contributed by atoms with Crippen molar-refractivity contribution >= 4 is 37.8 Å². The predicted molar refractivity (Wildman–Crippen MR) is 95.3 cm³/mol. The number of carbonyl (C=O) groups is 2. The molecule has 0 aliphatic rings. The summed E-state index contributed by atoms with van der Waals surface area (Å²) < 4.78 is 26.0. The fourth-order valence-electron chi connectivity index (χ4n) is 1.91. The van der Waals surface area contributed by atoms with Crippen LogP contribution in [0.3, 0.4) is 0 Å². The average Bonchev–Trinajstić information content (AvgIpc) is 2.45. The molecule has 0 spiro atoms. The topological polar surface area (TPSA) is 86.8 Å². The summed E-state index contributed by atoms with van der Waals surface area (Å²) >= 11 is 3.19. The third-order valence-corrected chi connectivity index (χ3v) is 5.92. The van der Waals surface area contributed by atoms with Gasteiger partial charge in [0.25, 0.3) is 5.91 Å². The Bertz CT molecular complexity index is 732. The Morgan fingerprint density at radius 1 is 1.21 bits per heavy atom. The summed E-state index contributed by atoms with van der Waals surface area (Å²) in [6, 6.07) is 4.30. The van der Waals surface area contributed by atoms with Crippen LogP contribution in [0.1, 0.15) is 24.2 Å². The minimum absolute atomic E-state index is 0.00150. The molecule has 0 fully saturated rings. The summed E-state index contributed by atoms with van der Waals surface area (Å²) in [6.45, 7) is 3.54. The van der Waals surface area contributed by atoms with Gasteiger partial charge in [0.1, 0.15) is 0 Å². The quantitative estimate of drug-likeness (QED) is 0.752. The molecule has 0 aliphatic heterocycles. The molecule has 2 amide bonds. The first-order chi connectivity index (χ1) is 11.0. The van der Waals surface area contributed by atoms with Crippen LogP contribution in [0.25, 0.3) is 0 Å². The van der Waals surface area contributed by atoms with Gasteiger partial charge >= 0.3 is 0 Å². The second kappa shape index (κ2) is 8.09. The van der Waals surface area contributed by atoms with Crippen LogP contribution in [0.2, 0.25) is 0 Å². The minimum atomic E-state index is -3.69. The Labute approximate surface area is 151 Å². The zero-order valence-electron chi connectivity index (χ0n) is 14.3. The highest BCUT2D eigenvalue weighted by atomic mass is 79.9. The highest BCUT2D eigenvalue weighted by Crippen LogP contribution is 2.25. The summed E-state index contributed by atoms with van der Waals surface area (Å²) in [5, 5.41) is 2.70. The number of carbonyl (C=O) groups excluding carboxylic acids is 2. The van der Waals surface area contributed by atoms with Crippen molar-refractivity contribution in [1.82, 2.24) is 14.5 Å². The van der Waals surface area contributed by atoms with Gasteiger partial charge in [0, 0.05) is 37.2 Å². The third kappa shape index (κ3) is 5.02. The first-order valence-electron chi connectivity index (χ1n) is 7.23. The van der Waals surface area contributed by atoms with Crippen LogP contribution in [0.5, 0.6) is 0 Å². The van der Waals surface area contributed by atoms with Gasteiger partial charge in [-0.25, -0.2) is 12.7 Å². The van der Waals surface area contributed by atoms with E-state index in [9.17, 15) is 18.0 Å². The van der Waals surface area contributed by atoms with Gasteiger partial charge in [-0.05, 0) is 48.0 Å². The third-order valence-electron chi connectivity index (χ3n) is 3.11. The van der Waals surface area contributed by atoms with E-state index in [1.54, 1.807) is 0 Å². The molecule has 24 heavy (non-hydrogen) atoms. The van der Waals surface area contributed by atoms with E-state index in [0.29, 0.717) is 4.47 Å². The molecule has 9 heteroatoms. The van der Waals surface area contributed by atoms with Crippen molar-refractivity contribution in [3.63, 3.8) is 0 Å². The molecular formula is C15H22BrN3O4S. The van der Waals surface area contributed by atoms with Crippen LogP contribution < -0.4 is 5.32 Å². The molecule has 0 atom stereocenters. The van der Waals surface area contributed by atoms with Gasteiger partial charge < -0.3 is 10.2 Å². The summed E-state index contributed by atoms with van der Waals surface area (Å²) in [7, 11) is 0.629. The maximum Gasteiger partial charge on any atom is 0.254 e. The lowest BCUT2D eigenvalue weighted by Crippen LogP contribution is -2.40. The van der Waals surface area contributed by atoms with Gasteiger partial charge in [-0.2, -0.15) is 0 Å². The van der Waals surface area contributed by atoms with E-state index in [0.717, 1.165) is 4.31 Å². The first kappa shape index (κ1) is 20.6. The Hall–Kier alpha value is -1.45. The Balaban J connectivity index is 3.07. The maximum absolute atomic E-state index is 12.4. The molecule has 0 saturated heterocycles. The number of amides is 2. The molecule has 1 aromatic carbocycles. The van der Waals surface area contributed by atoms with E-state index in [1.807, 2.05) is 13.8 Å². The number of hydrogen-bond acceptors (Lipinski definition) is 4. The van der Waals surface area contributed by atoms with Gasteiger partial charge in [0.2, 0.25) is 15.9 Å². The van der Waals surface area contributed by atoms with Gasteiger partial charge in [0.05, 0.1) is 11.4 Å². The zero-order valence-corrected chi connectivity index (χ0v) is 16.7. The molecule has 7 nitrogen and oxygen atoms in total. The number of benzene rings is 1. The molecule has 1 rings (SSSR count). The standard InChI is InChI=1S/C15H22BrN3O4S/c1-10(2)17-14(20)9-19(5)15(21)11-6-7-12(16)13(8-11)24(22,23)18(3)4/h6-8,10H,9H2,1-5H3,(H,17,20). The van der Waals surface area contributed by atoms with Gasteiger partial charge in [-0.15, -0.1) is 0 Å². The monoisotopic (exact) mass is 419 g/mol. The van der Waals surface area contributed by atoms with E-state index in [1.165, 1.54) is 44.2 Å². The molecule has 134 valence electrons. The molecule has 1 aromatic rings. The maximum atomic E-state index is 12.4. The van der Waals surface area contributed by atoms with E-state index in [2.05, 4.69) is 21.2 Å². The molecular weight excluding hydrogens is 398 g/mol. The summed E-state index contributed by atoms with van der Waals surface area (Å²) in [5.41, 5.74) is 0.193. The van der Waals surface area contributed by atoms with Gasteiger partial charge in [0.15, 0.2) is 0 Å². The van der Waals surface area contributed by atoms with Crippen LogP contribution in [0, 0.1) is 0 Å². The van der Waals surface area contributed by atoms with E-state index in [-0.39, 0.29) is 29.0 Å². The number of hydrogen-bond donors (Lipinski definition) is 1. The largest absolute Gasteiger partial charge is 0.352 e. The second-order valence-corrected chi connectivity index (χ2v) is 8.79. The lowest BCUT2D eigenvalue weighted by molar-refractivity contribution is -0.122. The highest BCUT2D eigenvalue weighted by molar-refractivity contribution is 9.10. The number of nitrogens with zero attached hydrogens (tertiary/aromatic N) is 2. The average molecular weight is 420 g/mol. The van der Waals surface area contributed by atoms with Crippen molar-refractivity contribution in [3.8, 4) is 0 Å². The fraction of sp³-hybridized carbons (Fsp3) is 0.467. The molecule has 0 radical (unpaired) electrons. The van der Waals surface area contributed by atoms with Crippen molar-refractivity contribution in [3.05, 3.63) is 28.2 Å². The summed E-state index contributed by atoms with van der Waals surface area (Å²) in [5.74, 6) is -0.712. The van der Waals surface area contributed by atoms with Crippen LogP contribution in [-0.2, 0) is 14.8 Å². The summed E-state index contributed by atoms with van der Waals surface area (Å²) in [4.78, 5) is 25.4. The van der Waals surface area contributed by atoms with Crippen LogP contribution in [0.4, 0.5) is 0 Å². The van der Waals surface area contributed by atoms with Crippen molar-refractivity contribution in [2.75, 3.05) is 27.7 Å². The van der Waals surface area contributed by atoms with E-state index >= 15 is 0 Å². The predicted octanol–water partition coefficient (Wildman–Crippen LogP) is 1.30. The zero-order chi connectivity index (χ0) is 18.7. The molecule has 0 unspecified atom stereocenters. The van der Waals surface area contributed by atoms with E-state index < -0.39 is 15.9 Å². The number of nitrogens with one attached hydrogen (secondary N) is 1.